The van der Waals surface area contributed by atoms with Crippen molar-refractivity contribution in [3.05, 3.63) is 29.0 Å². The summed E-state index contributed by atoms with van der Waals surface area (Å²) in [6.45, 7) is 0.221. The average molecular weight is 218 g/mol. The molecule has 1 rings (SSSR count). The lowest BCUT2D eigenvalue weighted by molar-refractivity contribution is -0.136. The van der Waals surface area contributed by atoms with Gasteiger partial charge in [0.2, 0.25) is 0 Å². The lowest BCUT2D eigenvalue weighted by atomic mass is 10.3. The van der Waals surface area contributed by atoms with Crippen LogP contribution in [-0.4, -0.2) is 17.6 Å². The summed E-state index contributed by atoms with van der Waals surface area (Å²) in [5, 5.41) is 11.5. The molecular formula is C9H9ClFNO2. The number of hydrogen-bond donors (Lipinski definition) is 2. The zero-order valence-corrected chi connectivity index (χ0v) is 8.01. The second-order valence-corrected chi connectivity index (χ2v) is 3.10. The van der Waals surface area contributed by atoms with Gasteiger partial charge in [0.25, 0.3) is 0 Å². The Morgan fingerprint density at radius 3 is 2.93 bits per heavy atom. The standard InChI is InChI=1S/C9H9ClFNO2/c10-7-2-1-6(11)5-8(7)12-4-3-9(13)14/h1-2,5,12H,3-4H2,(H,13,14). The smallest absolute Gasteiger partial charge is 0.305 e. The van der Waals surface area contributed by atoms with Crippen LogP contribution in [0.1, 0.15) is 6.42 Å². The van der Waals surface area contributed by atoms with Gasteiger partial charge in [-0.05, 0) is 18.2 Å². The lowest BCUT2D eigenvalue weighted by Crippen LogP contribution is -2.07. The quantitative estimate of drug-likeness (QED) is 0.814. The number of halogens is 2. The number of hydrogen-bond acceptors (Lipinski definition) is 2. The SMILES string of the molecule is O=C(O)CCNc1cc(F)ccc1Cl. The summed E-state index contributed by atoms with van der Waals surface area (Å²) in [6.07, 6.45) is -0.0349. The van der Waals surface area contributed by atoms with Crippen LogP contribution >= 0.6 is 11.6 Å². The van der Waals surface area contributed by atoms with Gasteiger partial charge >= 0.3 is 5.97 Å². The highest BCUT2D eigenvalue weighted by Crippen LogP contribution is 2.22. The maximum atomic E-state index is 12.7. The zero-order valence-electron chi connectivity index (χ0n) is 7.26. The highest BCUT2D eigenvalue weighted by Gasteiger charge is 2.02. The molecule has 0 aliphatic rings. The summed E-state index contributed by atoms with van der Waals surface area (Å²) in [5.74, 6) is -1.32. The van der Waals surface area contributed by atoms with Crippen LogP contribution in [0.3, 0.4) is 0 Å². The van der Waals surface area contributed by atoms with Gasteiger partial charge in [-0.3, -0.25) is 4.79 Å². The molecule has 14 heavy (non-hydrogen) atoms. The van der Waals surface area contributed by atoms with E-state index in [-0.39, 0.29) is 13.0 Å². The van der Waals surface area contributed by atoms with E-state index in [2.05, 4.69) is 5.32 Å². The fraction of sp³-hybridized carbons (Fsp3) is 0.222. The van der Waals surface area contributed by atoms with E-state index < -0.39 is 11.8 Å². The average Bonchev–Trinajstić information content (AvgIpc) is 2.10. The van der Waals surface area contributed by atoms with Crippen LogP contribution in [0.4, 0.5) is 10.1 Å². The predicted octanol–water partition coefficient (Wildman–Crippen LogP) is 2.37. The molecule has 0 spiro atoms. The molecule has 1 aromatic rings. The van der Waals surface area contributed by atoms with Gasteiger partial charge in [-0.2, -0.15) is 0 Å². The number of carboxylic acid groups (broad SMARTS) is 1. The van der Waals surface area contributed by atoms with E-state index >= 15 is 0 Å². The van der Waals surface area contributed by atoms with Crippen molar-refractivity contribution in [1.29, 1.82) is 0 Å². The first-order chi connectivity index (χ1) is 6.59. The van der Waals surface area contributed by atoms with Crippen molar-refractivity contribution in [2.45, 2.75) is 6.42 Å². The Morgan fingerprint density at radius 2 is 2.29 bits per heavy atom. The summed E-state index contributed by atoms with van der Waals surface area (Å²) < 4.78 is 12.7. The fourth-order valence-electron chi connectivity index (χ4n) is 0.937. The van der Waals surface area contributed by atoms with E-state index in [0.29, 0.717) is 10.7 Å². The van der Waals surface area contributed by atoms with Gasteiger partial charge in [0, 0.05) is 6.54 Å². The number of carbonyl (C=O) groups is 1. The molecule has 0 atom stereocenters. The first-order valence-corrected chi connectivity index (χ1v) is 4.38. The number of carboxylic acids is 1. The Bertz CT molecular complexity index is 344. The molecule has 1 aromatic carbocycles. The molecule has 0 aromatic heterocycles. The Hall–Kier alpha value is -1.29. The number of aliphatic carboxylic acids is 1. The minimum atomic E-state index is -0.912. The molecule has 0 aliphatic heterocycles. The van der Waals surface area contributed by atoms with Crippen molar-refractivity contribution in [1.82, 2.24) is 0 Å². The van der Waals surface area contributed by atoms with E-state index in [1.165, 1.54) is 18.2 Å². The Kier molecular flexibility index (Phi) is 3.71. The number of rotatable bonds is 4. The van der Waals surface area contributed by atoms with Gasteiger partial charge in [-0.15, -0.1) is 0 Å². The molecule has 0 radical (unpaired) electrons. The molecule has 0 unspecified atom stereocenters. The van der Waals surface area contributed by atoms with Crippen molar-refractivity contribution in [2.75, 3.05) is 11.9 Å². The molecule has 0 amide bonds. The van der Waals surface area contributed by atoms with Crippen LogP contribution in [0.15, 0.2) is 18.2 Å². The summed E-state index contributed by atoms with van der Waals surface area (Å²) in [7, 11) is 0. The molecule has 3 nitrogen and oxygen atoms in total. The molecule has 0 saturated carbocycles. The van der Waals surface area contributed by atoms with Gasteiger partial charge in [0.1, 0.15) is 5.82 Å². The van der Waals surface area contributed by atoms with Crippen LogP contribution in [0.5, 0.6) is 0 Å². The third-order valence-corrected chi connectivity index (χ3v) is 1.91. The normalized spacial score (nSPS) is 9.86. The van der Waals surface area contributed by atoms with Crippen LogP contribution in [-0.2, 0) is 4.79 Å². The molecule has 5 heteroatoms. The van der Waals surface area contributed by atoms with Crippen molar-refractivity contribution in [2.24, 2.45) is 0 Å². The van der Waals surface area contributed by atoms with Gasteiger partial charge in [0.15, 0.2) is 0 Å². The number of benzene rings is 1. The second-order valence-electron chi connectivity index (χ2n) is 2.69. The van der Waals surface area contributed by atoms with Crippen molar-refractivity contribution >= 4 is 23.3 Å². The maximum Gasteiger partial charge on any atom is 0.305 e. The molecular weight excluding hydrogens is 209 g/mol. The molecule has 0 aliphatic carbocycles. The topological polar surface area (TPSA) is 49.3 Å². The van der Waals surface area contributed by atoms with Crippen LogP contribution in [0, 0.1) is 5.82 Å². The molecule has 0 heterocycles. The summed E-state index contributed by atoms with van der Waals surface area (Å²) in [4.78, 5) is 10.2. The largest absolute Gasteiger partial charge is 0.481 e. The van der Waals surface area contributed by atoms with E-state index in [4.69, 9.17) is 16.7 Å². The molecule has 76 valence electrons. The Labute approximate surface area is 85.5 Å². The second kappa shape index (κ2) is 4.81. The third-order valence-electron chi connectivity index (χ3n) is 1.58. The first-order valence-electron chi connectivity index (χ1n) is 4.00. The van der Waals surface area contributed by atoms with Crippen molar-refractivity contribution < 1.29 is 14.3 Å². The monoisotopic (exact) mass is 217 g/mol. The van der Waals surface area contributed by atoms with E-state index in [1.807, 2.05) is 0 Å². The highest BCUT2D eigenvalue weighted by atomic mass is 35.5. The first kappa shape index (κ1) is 10.8. The summed E-state index contributed by atoms with van der Waals surface area (Å²) >= 11 is 5.73. The van der Waals surface area contributed by atoms with E-state index in [9.17, 15) is 9.18 Å². The summed E-state index contributed by atoms with van der Waals surface area (Å²) in [5.41, 5.74) is 0.410. The molecule has 0 fully saturated rings. The minimum absolute atomic E-state index is 0.0349. The predicted molar refractivity (Wildman–Crippen MR) is 52.2 cm³/mol. The van der Waals surface area contributed by atoms with Gasteiger partial charge in [-0.1, -0.05) is 11.6 Å². The number of nitrogens with one attached hydrogen (secondary N) is 1. The fourth-order valence-corrected chi connectivity index (χ4v) is 1.12. The van der Waals surface area contributed by atoms with Gasteiger partial charge < -0.3 is 10.4 Å². The Balaban J connectivity index is 2.57. The maximum absolute atomic E-state index is 12.7. The van der Waals surface area contributed by atoms with Crippen LogP contribution in [0.2, 0.25) is 5.02 Å². The Morgan fingerprint density at radius 1 is 1.57 bits per heavy atom. The van der Waals surface area contributed by atoms with Crippen molar-refractivity contribution in [3.8, 4) is 0 Å². The van der Waals surface area contributed by atoms with E-state index in [0.717, 1.165) is 0 Å². The summed E-state index contributed by atoms with van der Waals surface area (Å²) in [6, 6.07) is 3.88. The molecule has 0 bridgehead atoms. The van der Waals surface area contributed by atoms with Crippen LogP contribution < -0.4 is 5.32 Å². The van der Waals surface area contributed by atoms with E-state index in [1.54, 1.807) is 0 Å². The molecule has 0 saturated heterocycles. The highest BCUT2D eigenvalue weighted by molar-refractivity contribution is 6.33. The van der Waals surface area contributed by atoms with Gasteiger partial charge in [-0.25, -0.2) is 4.39 Å². The minimum Gasteiger partial charge on any atom is -0.481 e. The number of anilines is 1. The molecule has 2 N–H and O–H groups in total. The lowest BCUT2D eigenvalue weighted by Gasteiger charge is -2.06. The van der Waals surface area contributed by atoms with Gasteiger partial charge in [0.05, 0.1) is 17.1 Å². The van der Waals surface area contributed by atoms with Crippen LogP contribution in [0.25, 0.3) is 0 Å². The third kappa shape index (κ3) is 3.22. The zero-order chi connectivity index (χ0) is 10.6. The van der Waals surface area contributed by atoms with Crippen molar-refractivity contribution in [3.63, 3.8) is 0 Å².